The Kier molecular flexibility index (Phi) is 5.05. The maximum absolute atomic E-state index is 4.44. The van der Waals surface area contributed by atoms with Crippen molar-refractivity contribution in [3.05, 3.63) is 83.5 Å². The zero-order valence-corrected chi connectivity index (χ0v) is 14.4. The van der Waals surface area contributed by atoms with E-state index in [9.17, 15) is 0 Å². The Morgan fingerprint density at radius 2 is 1.42 bits per heavy atom. The molecule has 1 aliphatic carbocycles. The summed E-state index contributed by atoms with van der Waals surface area (Å²) in [5.74, 6) is 1.26. The van der Waals surface area contributed by atoms with E-state index in [1.807, 2.05) is 48.8 Å². The third kappa shape index (κ3) is 3.88. The molecule has 1 saturated carbocycles. The molecule has 0 aromatic carbocycles. The van der Waals surface area contributed by atoms with Gasteiger partial charge in [0.15, 0.2) is 0 Å². The second kappa shape index (κ2) is 7.39. The number of rotatable bonds is 3. The lowest BCUT2D eigenvalue weighted by Gasteiger charge is -2.31. The van der Waals surface area contributed by atoms with E-state index in [1.54, 1.807) is 0 Å². The van der Waals surface area contributed by atoms with Gasteiger partial charge in [-0.3, -0.25) is 9.97 Å². The molecule has 2 aromatic heterocycles. The van der Waals surface area contributed by atoms with Gasteiger partial charge in [-0.2, -0.15) is 0 Å². The van der Waals surface area contributed by atoms with Crippen LogP contribution in [-0.4, -0.2) is 9.97 Å². The van der Waals surface area contributed by atoms with E-state index in [2.05, 4.69) is 42.5 Å². The summed E-state index contributed by atoms with van der Waals surface area (Å²) in [6, 6.07) is 12.0. The van der Waals surface area contributed by atoms with Crippen molar-refractivity contribution < 1.29 is 0 Å². The first-order valence-electron chi connectivity index (χ1n) is 8.56. The lowest BCUT2D eigenvalue weighted by atomic mass is 9.74. The first kappa shape index (κ1) is 16.4. The summed E-state index contributed by atoms with van der Waals surface area (Å²) >= 11 is 0. The molecule has 0 radical (unpaired) electrons. The average Bonchev–Trinajstić information content (AvgIpc) is 2.60. The molecule has 1 fully saturated rings. The summed E-state index contributed by atoms with van der Waals surface area (Å²) < 4.78 is 0. The molecule has 24 heavy (non-hydrogen) atoms. The van der Waals surface area contributed by atoms with Crippen LogP contribution in [0.25, 0.3) is 12.2 Å². The molecule has 3 rings (SSSR count). The Hall–Kier alpha value is -2.48. The molecule has 0 bridgehead atoms. The Balaban J connectivity index is 1.96. The topological polar surface area (TPSA) is 25.8 Å². The molecule has 0 spiro atoms. The second-order valence-electron chi connectivity index (χ2n) is 6.74. The number of pyridine rings is 2. The Labute approximate surface area is 144 Å². The normalized spacial score (nSPS) is 21.6. The molecule has 2 aromatic rings. The molecule has 2 nitrogen and oxygen atoms in total. The lowest BCUT2D eigenvalue weighted by Crippen LogP contribution is -2.17. The Morgan fingerprint density at radius 3 is 1.79 bits per heavy atom. The summed E-state index contributed by atoms with van der Waals surface area (Å²) in [6.45, 7) is 8.97. The van der Waals surface area contributed by atoms with Crippen LogP contribution in [0.15, 0.2) is 72.1 Å². The Morgan fingerprint density at radius 1 is 0.917 bits per heavy atom. The molecular formula is C22H24N2. The molecule has 0 saturated heterocycles. The minimum absolute atomic E-state index is 0.625. The van der Waals surface area contributed by atoms with Crippen molar-refractivity contribution in [2.75, 3.05) is 0 Å². The highest BCUT2D eigenvalue weighted by Crippen LogP contribution is 2.40. The highest BCUT2D eigenvalue weighted by atomic mass is 14.7. The van der Waals surface area contributed by atoms with Gasteiger partial charge in [0.2, 0.25) is 0 Å². The van der Waals surface area contributed by atoms with E-state index in [-0.39, 0.29) is 0 Å². The smallest absolute Gasteiger partial charge is 0.0632 e. The van der Waals surface area contributed by atoms with Gasteiger partial charge in [0.05, 0.1) is 11.4 Å². The highest BCUT2D eigenvalue weighted by molar-refractivity contribution is 5.67. The van der Waals surface area contributed by atoms with Crippen LogP contribution in [0.2, 0.25) is 0 Å². The molecular weight excluding hydrogens is 292 g/mol. The lowest BCUT2D eigenvalue weighted by molar-refractivity contribution is 0.371. The minimum Gasteiger partial charge on any atom is -0.257 e. The standard InChI is InChI=1S/C22H24N2/c1-16(2)18-12-19(14-21-8-4-6-10-23-21)17(3)20(13-18)15-22-9-5-7-11-24-22/h4-11,14-16,18H,3,12-13H2,1-2H3/b19-14+,20-15+. The van der Waals surface area contributed by atoms with Crippen molar-refractivity contribution in [3.8, 4) is 0 Å². The third-order valence-electron chi connectivity index (χ3n) is 4.70. The summed E-state index contributed by atoms with van der Waals surface area (Å²) in [5, 5.41) is 0. The number of hydrogen-bond donors (Lipinski definition) is 0. The zero-order chi connectivity index (χ0) is 16.9. The van der Waals surface area contributed by atoms with Gasteiger partial charge in [-0.25, -0.2) is 0 Å². The van der Waals surface area contributed by atoms with E-state index in [0.717, 1.165) is 29.8 Å². The Bertz CT molecular complexity index is 694. The molecule has 0 amide bonds. The predicted octanol–water partition coefficient (Wildman–Crippen LogP) is 5.57. The average molecular weight is 316 g/mol. The van der Waals surface area contributed by atoms with E-state index in [0.29, 0.717) is 11.8 Å². The monoisotopic (exact) mass is 316 g/mol. The fourth-order valence-electron chi connectivity index (χ4n) is 3.13. The van der Waals surface area contributed by atoms with Gasteiger partial charge in [-0.05, 0) is 77.8 Å². The van der Waals surface area contributed by atoms with Gasteiger partial charge in [0, 0.05) is 12.4 Å². The predicted molar refractivity (Wildman–Crippen MR) is 101 cm³/mol. The molecule has 0 unspecified atom stereocenters. The van der Waals surface area contributed by atoms with Gasteiger partial charge in [0.25, 0.3) is 0 Å². The second-order valence-corrected chi connectivity index (χ2v) is 6.74. The molecule has 2 heterocycles. The molecule has 0 N–H and O–H groups in total. The highest BCUT2D eigenvalue weighted by Gasteiger charge is 2.26. The van der Waals surface area contributed by atoms with E-state index < -0.39 is 0 Å². The van der Waals surface area contributed by atoms with Gasteiger partial charge in [0.1, 0.15) is 0 Å². The number of nitrogens with zero attached hydrogens (tertiary/aromatic N) is 2. The molecule has 0 aliphatic heterocycles. The fourth-order valence-corrected chi connectivity index (χ4v) is 3.13. The van der Waals surface area contributed by atoms with Crippen molar-refractivity contribution in [3.63, 3.8) is 0 Å². The number of hydrogen-bond acceptors (Lipinski definition) is 2. The maximum atomic E-state index is 4.44. The van der Waals surface area contributed by atoms with Gasteiger partial charge in [-0.15, -0.1) is 0 Å². The van der Waals surface area contributed by atoms with Crippen LogP contribution in [0, 0.1) is 11.8 Å². The van der Waals surface area contributed by atoms with Crippen molar-refractivity contribution in [1.29, 1.82) is 0 Å². The van der Waals surface area contributed by atoms with E-state index >= 15 is 0 Å². The first-order chi connectivity index (χ1) is 11.6. The van der Waals surface area contributed by atoms with Crippen LogP contribution in [0.4, 0.5) is 0 Å². The zero-order valence-electron chi connectivity index (χ0n) is 14.4. The van der Waals surface area contributed by atoms with Crippen molar-refractivity contribution in [2.45, 2.75) is 26.7 Å². The van der Waals surface area contributed by atoms with Crippen LogP contribution >= 0.6 is 0 Å². The van der Waals surface area contributed by atoms with Gasteiger partial charge >= 0.3 is 0 Å². The van der Waals surface area contributed by atoms with Crippen molar-refractivity contribution in [2.24, 2.45) is 11.8 Å². The van der Waals surface area contributed by atoms with Crippen LogP contribution in [0.1, 0.15) is 38.1 Å². The molecule has 1 aliphatic rings. The summed E-state index contributed by atoms with van der Waals surface area (Å²) in [6.07, 6.45) is 10.2. The summed E-state index contributed by atoms with van der Waals surface area (Å²) in [5.41, 5.74) is 5.70. The fraction of sp³-hybridized carbons (Fsp3) is 0.273. The largest absolute Gasteiger partial charge is 0.257 e. The van der Waals surface area contributed by atoms with E-state index in [1.165, 1.54) is 11.1 Å². The van der Waals surface area contributed by atoms with Crippen LogP contribution in [-0.2, 0) is 0 Å². The quantitative estimate of drug-likeness (QED) is 0.740. The van der Waals surface area contributed by atoms with Gasteiger partial charge in [-0.1, -0.05) is 32.6 Å². The van der Waals surface area contributed by atoms with Crippen LogP contribution < -0.4 is 0 Å². The first-order valence-corrected chi connectivity index (χ1v) is 8.56. The number of aromatic nitrogens is 2. The molecule has 122 valence electrons. The molecule has 0 atom stereocenters. The van der Waals surface area contributed by atoms with Crippen molar-refractivity contribution >= 4 is 12.2 Å². The van der Waals surface area contributed by atoms with E-state index in [4.69, 9.17) is 0 Å². The van der Waals surface area contributed by atoms with Crippen LogP contribution in [0.5, 0.6) is 0 Å². The van der Waals surface area contributed by atoms with Crippen molar-refractivity contribution in [1.82, 2.24) is 9.97 Å². The SMILES string of the molecule is C=C1/C(=C/c2ccccn2)CC(C(C)C)C/C1=C\c1ccccn1. The molecule has 2 heteroatoms. The number of allylic oxidation sites excluding steroid dienone is 3. The van der Waals surface area contributed by atoms with Crippen LogP contribution in [0.3, 0.4) is 0 Å². The summed E-state index contributed by atoms with van der Waals surface area (Å²) in [4.78, 5) is 8.87. The summed E-state index contributed by atoms with van der Waals surface area (Å²) in [7, 11) is 0. The minimum atomic E-state index is 0.625. The third-order valence-corrected chi connectivity index (χ3v) is 4.70. The van der Waals surface area contributed by atoms with Gasteiger partial charge < -0.3 is 0 Å². The maximum Gasteiger partial charge on any atom is 0.0632 e.